The number of rotatable bonds is 5. The second-order valence-corrected chi connectivity index (χ2v) is 8.64. The monoisotopic (exact) mass is 414 g/mol. The third-order valence-electron chi connectivity index (χ3n) is 4.21. The summed E-state index contributed by atoms with van der Waals surface area (Å²) in [6.45, 7) is 6.20. The summed E-state index contributed by atoms with van der Waals surface area (Å²) >= 11 is 13.6. The molecular weight excluding hydrogens is 393 g/mol. The molecule has 8 heteroatoms. The van der Waals surface area contributed by atoms with Crippen LogP contribution >= 0.6 is 34.5 Å². The Labute approximate surface area is 167 Å². The Morgan fingerprint density at radius 2 is 2.08 bits per heavy atom. The summed E-state index contributed by atoms with van der Waals surface area (Å²) in [5.74, 6) is -0.0216. The quantitative estimate of drug-likeness (QED) is 0.790. The van der Waals surface area contributed by atoms with Crippen LogP contribution in [-0.2, 0) is 16.0 Å². The number of carbonyl (C=O) groups is 1. The highest BCUT2D eigenvalue weighted by molar-refractivity contribution is 7.15. The Morgan fingerprint density at radius 1 is 1.35 bits per heavy atom. The first-order chi connectivity index (χ1) is 12.4. The molecule has 2 heterocycles. The van der Waals surface area contributed by atoms with E-state index in [-0.39, 0.29) is 18.1 Å². The van der Waals surface area contributed by atoms with Crippen molar-refractivity contribution < 1.29 is 14.4 Å². The number of morpholine rings is 1. The number of anilines is 1. The molecule has 1 unspecified atom stereocenters. The van der Waals surface area contributed by atoms with Gasteiger partial charge in [0.2, 0.25) is 0 Å². The number of quaternary nitrogens is 1. The van der Waals surface area contributed by atoms with Gasteiger partial charge in [-0.2, -0.15) is 0 Å². The van der Waals surface area contributed by atoms with Gasteiger partial charge in [0.05, 0.1) is 0 Å². The first-order valence-corrected chi connectivity index (χ1v) is 10.1. The van der Waals surface area contributed by atoms with Gasteiger partial charge in [0, 0.05) is 27.5 Å². The van der Waals surface area contributed by atoms with Gasteiger partial charge in [-0.05, 0) is 31.5 Å². The van der Waals surface area contributed by atoms with Crippen molar-refractivity contribution in [2.75, 3.05) is 25.0 Å². The SMILES string of the molecule is C[C@@H]1C[NH+](CC(=O)Nc2ncc(Cc3ccc(Cl)cc3Cl)s2)C[C@H](C)O1. The maximum atomic E-state index is 12.3. The first-order valence-electron chi connectivity index (χ1n) is 8.56. The molecule has 0 spiro atoms. The molecule has 3 atom stereocenters. The molecule has 2 aromatic rings. The normalized spacial score (nSPS) is 23.0. The van der Waals surface area contributed by atoms with E-state index in [1.807, 2.05) is 26.0 Å². The highest BCUT2D eigenvalue weighted by Gasteiger charge is 2.27. The van der Waals surface area contributed by atoms with Crippen molar-refractivity contribution in [1.82, 2.24) is 4.98 Å². The van der Waals surface area contributed by atoms with Gasteiger partial charge < -0.3 is 9.64 Å². The van der Waals surface area contributed by atoms with Gasteiger partial charge in [0.25, 0.3) is 5.91 Å². The Balaban J connectivity index is 1.55. The number of carbonyl (C=O) groups excluding carboxylic acids is 1. The topological polar surface area (TPSA) is 55.7 Å². The predicted molar refractivity (Wildman–Crippen MR) is 106 cm³/mol. The van der Waals surface area contributed by atoms with E-state index in [9.17, 15) is 4.79 Å². The lowest BCUT2D eigenvalue weighted by atomic mass is 10.1. The molecule has 1 aromatic heterocycles. The van der Waals surface area contributed by atoms with Gasteiger partial charge in [0.15, 0.2) is 11.7 Å². The number of aromatic nitrogens is 1. The average Bonchev–Trinajstić information content (AvgIpc) is 2.96. The van der Waals surface area contributed by atoms with E-state index in [2.05, 4.69) is 10.3 Å². The maximum Gasteiger partial charge on any atom is 0.281 e. The zero-order valence-corrected chi connectivity index (χ0v) is 17.0. The fourth-order valence-corrected chi connectivity index (χ4v) is 4.55. The summed E-state index contributed by atoms with van der Waals surface area (Å²) in [5, 5.41) is 4.77. The predicted octanol–water partition coefficient (Wildman–Crippen LogP) is 2.67. The number of hydrogen-bond acceptors (Lipinski definition) is 4. The molecule has 3 rings (SSSR count). The summed E-state index contributed by atoms with van der Waals surface area (Å²) in [7, 11) is 0. The van der Waals surface area contributed by atoms with Gasteiger partial charge in [-0.25, -0.2) is 4.98 Å². The van der Waals surface area contributed by atoms with Crippen molar-refractivity contribution in [1.29, 1.82) is 0 Å². The second kappa shape index (κ2) is 8.67. The molecule has 1 amide bonds. The molecule has 1 aliphatic rings. The van der Waals surface area contributed by atoms with E-state index in [1.165, 1.54) is 16.2 Å². The average molecular weight is 415 g/mol. The minimum Gasteiger partial charge on any atom is -0.364 e. The third kappa shape index (κ3) is 5.41. The van der Waals surface area contributed by atoms with Crippen LogP contribution in [0.15, 0.2) is 24.4 Å². The molecule has 0 aliphatic carbocycles. The van der Waals surface area contributed by atoms with E-state index < -0.39 is 0 Å². The number of nitrogens with one attached hydrogen (secondary N) is 2. The summed E-state index contributed by atoms with van der Waals surface area (Å²) < 4.78 is 5.71. The Bertz CT molecular complexity index is 774. The van der Waals surface area contributed by atoms with Crippen LogP contribution in [-0.4, -0.2) is 42.7 Å². The molecule has 1 aromatic carbocycles. The van der Waals surface area contributed by atoms with Gasteiger partial charge in [-0.1, -0.05) is 29.3 Å². The highest BCUT2D eigenvalue weighted by atomic mass is 35.5. The van der Waals surface area contributed by atoms with Crippen LogP contribution < -0.4 is 10.2 Å². The zero-order valence-electron chi connectivity index (χ0n) is 14.7. The van der Waals surface area contributed by atoms with Crippen LogP contribution in [0.1, 0.15) is 24.3 Å². The van der Waals surface area contributed by atoms with Gasteiger partial charge in [-0.15, -0.1) is 11.3 Å². The molecule has 1 fully saturated rings. The Kier molecular flexibility index (Phi) is 6.53. The molecule has 140 valence electrons. The van der Waals surface area contributed by atoms with Crippen LogP contribution in [0, 0.1) is 0 Å². The number of hydrogen-bond donors (Lipinski definition) is 2. The van der Waals surface area contributed by atoms with Crippen molar-refractivity contribution in [3.05, 3.63) is 44.9 Å². The van der Waals surface area contributed by atoms with Crippen LogP contribution in [0.25, 0.3) is 0 Å². The van der Waals surface area contributed by atoms with Crippen molar-refractivity contribution in [2.24, 2.45) is 0 Å². The molecule has 5 nitrogen and oxygen atoms in total. The number of benzene rings is 1. The van der Waals surface area contributed by atoms with Crippen LogP contribution in [0.4, 0.5) is 5.13 Å². The molecular formula is C18H22Cl2N3O2S+. The van der Waals surface area contributed by atoms with E-state index in [0.717, 1.165) is 23.5 Å². The van der Waals surface area contributed by atoms with E-state index in [0.29, 0.717) is 28.1 Å². The Morgan fingerprint density at radius 3 is 2.77 bits per heavy atom. The van der Waals surface area contributed by atoms with Gasteiger partial charge >= 0.3 is 0 Å². The maximum absolute atomic E-state index is 12.3. The molecule has 1 saturated heterocycles. The zero-order chi connectivity index (χ0) is 18.7. The fourth-order valence-electron chi connectivity index (χ4n) is 3.22. The van der Waals surface area contributed by atoms with Crippen molar-refractivity contribution in [2.45, 2.75) is 32.5 Å². The summed E-state index contributed by atoms with van der Waals surface area (Å²) in [4.78, 5) is 18.9. The molecule has 2 N–H and O–H groups in total. The molecule has 0 bridgehead atoms. The lowest BCUT2D eigenvalue weighted by Crippen LogP contribution is -3.16. The molecule has 0 saturated carbocycles. The smallest absolute Gasteiger partial charge is 0.281 e. The largest absolute Gasteiger partial charge is 0.364 e. The summed E-state index contributed by atoms with van der Waals surface area (Å²) in [6.07, 6.45) is 2.79. The third-order valence-corrected chi connectivity index (χ3v) is 5.71. The van der Waals surface area contributed by atoms with Crippen molar-refractivity contribution in [3.63, 3.8) is 0 Å². The van der Waals surface area contributed by atoms with Crippen LogP contribution in [0.5, 0.6) is 0 Å². The van der Waals surface area contributed by atoms with Crippen molar-refractivity contribution >= 4 is 45.6 Å². The number of ether oxygens (including phenoxy) is 1. The van der Waals surface area contributed by atoms with Gasteiger partial charge in [0.1, 0.15) is 25.3 Å². The lowest BCUT2D eigenvalue weighted by Gasteiger charge is -2.31. The number of nitrogens with zero attached hydrogens (tertiary/aromatic N) is 1. The minimum absolute atomic E-state index is 0.0216. The lowest BCUT2D eigenvalue weighted by molar-refractivity contribution is -0.907. The van der Waals surface area contributed by atoms with Crippen LogP contribution in [0.3, 0.4) is 0 Å². The van der Waals surface area contributed by atoms with E-state index >= 15 is 0 Å². The summed E-state index contributed by atoms with van der Waals surface area (Å²) in [5.41, 5.74) is 0.985. The standard InChI is InChI=1S/C18H21Cl2N3O2S/c1-11-8-23(9-12(2)25-11)10-17(24)22-18-21-7-15(26-18)5-13-3-4-14(19)6-16(13)20/h3-4,6-7,11-12H,5,8-10H2,1-2H3,(H,21,22,24)/p+1/t11-,12+. The number of amides is 1. The fraction of sp³-hybridized carbons (Fsp3) is 0.444. The van der Waals surface area contributed by atoms with E-state index in [4.69, 9.17) is 27.9 Å². The second-order valence-electron chi connectivity index (χ2n) is 6.68. The summed E-state index contributed by atoms with van der Waals surface area (Å²) in [6, 6.07) is 5.46. The Hall–Kier alpha value is -1.18. The molecule has 26 heavy (non-hydrogen) atoms. The first kappa shape index (κ1) is 19.6. The number of thiazole rings is 1. The van der Waals surface area contributed by atoms with Crippen molar-refractivity contribution in [3.8, 4) is 0 Å². The minimum atomic E-state index is -0.0216. The number of halogens is 2. The molecule has 1 aliphatic heterocycles. The van der Waals surface area contributed by atoms with Crippen LogP contribution in [0.2, 0.25) is 10.0 Å². The van der Waals surface area contributed by atoms with E-state index in [1.54, 1.807) is 12.3 Å². The molecule has 0 radical (unpaired) electrons. The highest BCUT2D eigenvalue weighted by Crippen LogP contribution is 2.26. The van der Waals surface area contributed by atoms with Gasteiger partial charge in [-0.3, -0.25) is 10.1 Å².